The van der Waals surface area contributed by atoms with E-state index in [1.165, 1.54) is 22.9 Å². The predicted octanol–water partition coefficient (Wildman–Crippen LogP) is 0.999. The molecule has 2 aromatic rings. The van der Waals surface area contributed by atoms with Crippen LogP contribution in [0.2, 0.25) is 0 Å². The maximum absolute atomic E-state index is 11.8. The van der Waals surface area contributed by atoms with E-state index in [1.54, 1.807) is 13.8 Å². The summed E-state index contributed by atoms with van der Waals surface area (Å²) in [4.78, 5) is 36.3. The number of aromatic amines is 1. The van der Waals surface area contributed by atoms with Crippen LogP contribution in [0.3, 0.4) is 0 Å². The van der Waals surface area contributed by atoms with Gasteiger partial charge in [-0.3, -0.25) is 14.3 Å². The second-order valence-electron chi connectivity index (χ2n) is 4.36. The Labute approximate surface area is 113 Å². The lowest BCUT2D eigenvalue weighted by molar-refractivity contribution is 0.0659. The highest BCUT2D eigenvalue weighted by atomic mass is 16.4. The number of nitrogens with zero attached hydrogens (tertiary/aromatic N) is 1. The zero-order chi connectivity index (χ0) is 14.9. The van der Waals surface area contributed by atoms with Gasteiger partial charge in [0.25, 0.3) is 5.56 Å². The molecule has 0 aliphatic heterocycles. The molecule has 0 radical (unpaired) electrons. The summed E-state index contributed by atoms with van der Waals surface area (Å²) < 4.78 is 6.48. The largest absolute Gasteiger partial charge is 0.475 e. The molecule has 7 heteroatoms. The number of aromatic carboxylic acids is 1. The summed E-state index contributed by atoms with van der Waals surface area (Å²) >= 11 is 0. The van der Waals surface area contributed by atoms with Crippen LogP contribution in [-0.2, 0) is 6.42 Å². The average Bonchev–Trinajstić information content (AvgIpc) is 2.88. The Morgan fingerprint density at radius 3 is 2.70 bits per heavy atom. The first-order chi connectivity index (χ1) is 9.43. The van der Waals surface area contributed by atoms with E-state index in [9.17, 15) is 14.4 Å². The molecule has 2 aromatic heterocycles. The highest BCUT2D eigenvalue weighted by molar-refractivity contribution is 5.84. The molecule has 0 fully saturated rings. The van der Waals surface area contributed by atoms with Crippen LogP contribution in [0.1, 0.15) is 41.8 Å². The van der Waals surface area contributed by atoms with Crippen molar-refractivity contribution in [2.24, 2.45) is 0 Å². The highest BCUT2D eigenvalue weighted by Gasteiger charge is 2.17. The SMILES string of the molecule is CCc1cn(C(C)c2ccc(C(=O)O)o2)c(=O)[nH]c1=O. The van der Waals surface area contributed by atoms with Gasteiger partial charge in [0.05, 0.1) is 6.04 Å². The van der Waals surface area contributed by atoms with Crippen molar-refractivity contribution in [3.63, 3.8) is 0 Å². The van der Waals surface area contributed by atoms with Crippen LogP contribution >= 0.6 is 0 Å². The van der Waals surface area contributed by atoms with Crippen molar-refractivity contribution in [2.75, 3.05) is 0 Å². The predicted molar refractivity (Wildman–Crippen MR) is 70.2 cm³/mol. The topological polar surface area (TPSA) is 105 Å². The molecule has 0 aromatic carbocycles. The van der Waals surface area contributed by atoms with Gasteiger partial charge in [-0.15, -0.1) is 0 Å². The molecule has 2 heterocycles. The van der Waals surface area contributed by atoms with Crippen molar-refractivity contribution in [1.82, 2.24) is 9.55 Å². The van der Waals surface area contributed by atoms with Gasteiger partial charge in [0.2, 0.25) is 5.76 Å². The van der Waals surface area contributed by atoms with Gasteiger partial charge in [-0.1, -0.05) is 6.92 Å². The summed E-state index contributed by atoms with van der Waals surface area (Å²) in [6, 6.07) is 2.31. The minimum atomic E-state index is -1.17. The maximum Gasteiger partial charge on any atom is 0.371 e. The first kappa shape index (κ1) is 13.9. The zero-order valence-corrected chi connectivity index (χ0v) is 11.0. The van der Waals surface area contributed by atoms with E-state index in [-0.39, 0.29) is 5.76 Å². The van der Waals surface area contributed by atoms with Gasteiger partial charge in [0.1, 0.15) is 5.76 Å². The van der Waals surface area contributed by atoms with E-state index in [1.807, 2.05) is 0 Å². The molecule has 0 spiro atoms. The van der Waals surface area contributed by atoms with Crippen LogP contribution in [0, 0.1) is 0 Å². The van der Waals surface area contributed by atoms with Gasteiger partial charge in [-0.25, -0.2) is 9.59 Å². The number of aryl methyl sites for hydroxylation is 1. The van der Waals surface area contributed by atoms with Crippen molar-refractivity contribution in [2.45, 2.75) is 26.3 Å². The molecule has 20 heavy (non-hydrogen) atoms. The lowest BCUT2D eigenvalue weighted by atomic mass is 10.2. The summed E-state index contributed by atoms with van der Waals surface area (Å²) in [5.41, 5.74) is -0.499. The molecule has 1 unspecified atom stereocenters. The fourth-order valence-corrected chi connectivity index (χ4v) is 1.90. The maximum atomic E-state index is 11.8. The average molecular weight is 278 g/mol. The lowest BCUT2D eigenvalue weighted by Gasteiger charge is -2.13. The van der Waals surface area contributed by atoms with E-state index >= 15 is 0 Å². The number of carboxylic acids is 1. The summed E-state index contributed by atoms with van der Waals surface area (Å²) in [7, 11) is 0. The second kappa shape index (κ2) is 5.20. The van der Waals surface area contributed by atoms with Crippen LogP contribution < -0.4 is 11.2 Å². The molecule has 106 valence electrons. The van der Waals surface area contributed by atoms with Gasteiger partial charge in [0, 0.05) is 11.8 Å². The molecule has 0 saturated carbocycles. The first-order valence-corrected chi connectivity index (χ1v) is 6.11. The second-order valence-corrected chi connectivity index (χ2v) is 4.36. The van der Waals surface area contributed by atoms with Gasteiger partial charge < -0.3 is 9.52 Å². The number of carboxylic acid groups (broad SMARTS) is 1. The van der Waals surface area contributed by atoms with Crippen LogP contribution in [0.4, 0.5) is 0 Å². The molecule has 2 rings (SSSR count). The Kier molecular flexibility index (Phi) is 3.60. The Bertz CT molecular complexity index is 753. The van der Waals surface area contributed by atoms with E-state index < -0.39 is 23.3 Å². The Morgan fingerprint density at radius 1 is 1.45 bits per heavy atom. The van der Waals surface area contributed by atoms with Crippen molar-refractivity contribution < 1.29 is 14.3 Å². The third-order valence-corrected chi connectivity index (χ3v) is 3.09. The number of hydrogen-bond acceptors (Lipinski definition) is 4. The number of furan rings is 1. The van der Waals surface area contributed by atoms with Crippen LogP contribution in [0.5, 0.6) is 0 Å². The first-order valence-electron chi connectivity index (χ1n) is 6.11. The molecule has 1 atom stereocenters. The summed E-state index contributed by atoms with van der Waals surface area (Å²) in [6.07, 6.45) is 1.95. The van der Waals surface area contributed by atoms with Gasteiger partial charge >= 0.3 is 11.7 Å². The van der Waals surface area contributed by atoms with E-state index in [0.29, 0.717) is 17.7 Å². The summed E-state index contributed by atoms with van der Waals surface area (Å²) in [5, 5.41) is 8.81. The van der Waals surface area contributed by atoms with Crippen molar-refractivity contribution in [1.29, 1.82) is 0 Å². The number of hydrogen-bond donors (Lipinski definition) is 2. The van der Waals surface area contributed by atoms with Gasteiger partial charge in [-0.2, -0.15) is 0 Å². The summed E-state index contributed by atoms with van der Waals surface area (Å²) in [6.45, 7) is 3.49. The normalized spacial score (nSPS) is 12.3. The number of H-pyrrole nitrogens is 1. The molecular formula is C13H14N2O5. The van der Waals surface area contributed by atoms with Gasteiger partial charge in [-0.05, 0) is 25.5 Å². The third kappa shape index (κ3) is 2.42. The van der Waals surface area contributed by atoms with E-state index in [0.717, 1.165) is 0 Å². The Hall–Kier alpha value is -2.57. The molecule has 0 aliphatic rings. The number of carbonyl (C=O) groups is 1. The standard InChI is InChI=1S/C13H14N2O5/c1-3-8-6-15(13(19)14-11(8)16)7(2)9-4-5-10(20-9)12(17)18/h4-7H,3H2,1-2H3,(H,17,18)(H,14,16,19). The minimum Gasteiger partial charge on any atom is -0.475 e. The number of rotatable bonds is 4. The molecule has 7 nitrogen and oxygen atoms in total. The molecule has 2 N–H and O–H groups in total. The van der Waals surface area contributed by atoms with Crippen molar-refractivity contribution in [3.05, 3.63) is 56.3 Å². The summed E-state index contributed by atoms with van der Waals surface area (Å²) in [5.74, 6) is -1.04. The fourth-order valence-electron chi connectivity index (χ4n) is 1.90. The van der Waals surface area contributed by atoms with Crippen molar-refractivity contribution in [3.8, 4) is 0 Å². The molecule has 0 amide bonds. The Morgan fingerprint density at radius 2 is 2.15 bits per heavy atom. The van der Waals surface area contributed by atoms with Crippen LogP contribution in [-0.4, -0.2) is 20.6 Å². The Balaban J connectivity index is 2.47. The molecule has 0 bridgehead atoms. The van der Waals surface area contributed by atoms with Crippen LogP contribution in [0.25, 0.3) is 0 Å². The minimum absolute atomic E-state index is 0.194. The molecule has 0 aliphatic carbocycles. The third-order valence-electron chi connectivity index (χ3n) is 3.09. The van der Waals surface area contributed by atoms with Crippen LogP contribution in [0.15, 0.2) is 32.3 Å². The van der Waals surface area contributed by atoms with E-state index in [2.05, 4.69) is 4.98 Å². The highest BCUT2D eigenvalue weighted by Crippen LogP contribution is 2.19. The number of nitrogens with one attached hydrogen (secondary N) is 1. The fraction of sp³-hybridized carbons (Fsp3) is 0.308. The molecular weight excluding hydrogens is 264 g/mol. The van der Waals surface area contributed by atoms with Gasteiger partial charge in [0.15, 0.2) is 0 Å². The van der Waals surface area contributed by atoms with Crippen molar-refractivity contribution >= 4 is 5.97 Å². The number of aromatic nitrogens is 2. The lowest BCUT2D eigenvalue weighted by Crippen LogP contribution is -2.33. The monoisotopic (exact) mass is 278 g/mol. The smallest absolute Gasteiger partial charge is 0.371 e. The quantitative estimate of drug-likeness (QED) is 0.867. The zero-order valence-electron chi connectivity index (χ0n) is 11.0. The van der Waals surface area contributed by atoms with E-state index in [4.69, 9.17) is 9.52 Å². The molecule has 0 saturated heterocycles.